The van der Waals surface area contributed by atoms with Crippen LogP contribution in [0.25, 0.3) is 28.0 Å². The second-order valence-electron chi connectivity index (χ2n) is 6.15. The van der Waals surface area contributed by atoms with Gasteiger partial charge in [0.15, 0.2) is 11.7 Å². The van der Waals surface area contributed by atoms with Crippen molar-refractivity contribution in [2.24, 2.45) is 16.8 Å². The van der Waals surface area contributed by atoms with Crippen molar-refractivity contribution in [2.45, 2.75) is 0 Å². The summed E-state index contributed by atoms with van der Waals surface area (Å²) in [6.45, 7) is 0. The molecule has 0 atom stereocenters. The van der Waals surface area contributed by atoms with Gasteiger partial charge in [-0.05, 0) is 35.7 Å². The molecule has 6 N–H and O–H groups in total. The molecule has 0 radical (unpaired) electrons. The van der Waals surface area contributed by atoms with Gasteiger partial charge in [0.2, 0.25) is 0 Å². The first-order chi connectivity index (χ1) is 14.0. The van der Waals surface area contributed by atoms with Crippen molar-refractivity contribution < 1.29 is 0 Å². The third-order valence-corrected chi connectivity index (χ3v) is 4.47. The zero-order chi connectivity index (χ0) is 20.5. The Hall–Kier alpha value is -4.49. The maximum absolute atomic E-state index is 12.4. The van der Waals surface area contributed by atoms with E-state index in [-0.39, 0.29) is 17.2 Å². The van der Waals surface area contributed by atoms with E-state index >= 15 is 0 Å². The molecule has 0 spiro atoms. The van der Waals surface area contributed by atoms with Crippen LogP contribution in [0.15, 0.2) is 63.2 Å². The summed E-state index contributed by atoms with van der Waals surface area (Å²) in [6, 6.07) is 15.7. The third-order valence-electron chi connectivity index (χ3n) is 4.47. The lowest BCUT2D eigenvalue weighted by Gasteiger charge is -2.18. The van der Waals surface area contributed by atoms with Gasteiger partial charge in [0.05, 0.1) is 22.7 Å². The molecule has 142 valence electrons. The molecule has 2 aromatic rings. The van der Waals surface area contributed by atoms with Gasteiger partial charge in [-0.3, -0.25) is 14.3 Å². The molecule has 2 aromatic carbocycles. The van der Waals surface area contributed by atoms with E-state index < -0.39 is 11.2 Å². The SMILES string of the molecule is N#Cc1ccc2cc3c(=O)[nH]c(=O)nc-3n(-c3cccc(/C(=N/N)NN)c3)c2c1. The molecular weight excluding hydrogens is 372 g/mol. The normalized spacial score (nSPS) is 11.5. The summed E-state index contributed by atoms with van der Waals surface area (Å²) >= 11 is 0. The van der Waals surface area contributed by atoms with Crippen LogP contribution in [0.1, 0.15) is 11.1 Å². The lowest BCUT2D eigenvalue weighted by molar-refractivity contribution is 0.958. The van der Waals surface area contributed by atoms with Gasteiger partial charge in [0.1, 0.15) is 0 Å². The van der Waals surface area contributed by atoms with Crippen LogP contribution in [0.4, 0.5) is 0 Å². The Morgan fingerprint density at radius 1 is 1.21 bits per heavy atom. The van der Waals surface area contributed by atoms with E-state index in [1.807, 2.05) is 0 Å². The fourth-order valence-electron chi connectivity index (χ4n) is 3.20. The predicted octanol–water partition coefficient (Wildman–Crippen LogP) is 0.134. The quantitative estimate of drug-likeness (QED) is 0.125. The van der Waals surface area contributed by atoms with Crippen molar-refractivity contribution in [1.29, 1.82) is 5.26 Å². The second kappa shape index (κ2) is 6.91. The summed E-state index contributed by atoms with van der Waals surface area (Å²) in [7, 11) is 0. The van der Waals surface area contributed by atoms with Crippen molar-refractivity contribution in [2.75, 3.05) is 0 Å². The van der Waals surface area contributed by atoms with Gasteiger partial charge in [0, 0.05) is 11.3 Å². The van der Waals surface area contributed by atoms with Gasteiger partial charge in [0.25, 0.3) is 5.56 Å². The number of benzene rings is 2. The van der Waals surface area contributed by atoms with E-state index in [4.69, 9.17) is 11.7 Å². The summed E-state index contributed by atoms with van der Waals surface area (Å²) in [5.41, 5.74) is 3.49. The van der Waals surface area contributed by atoms with Crippen LogP contribution in [0.3, 0.4) is 0 Å². The Balaban J connectivity index is 2.17. The van der Waals surface area contributed by atoms with Crippen LogP contribution in [0, 0.1) is 11.3 Å². The molecule has 29 heavy (non-hydrogen) atoms. The summed E-state index contributed by atoms with van der Waals surface area (Å²) in [4.78, 5) is 30.5. The van der Waals surface area contributed by atoms with Crippen LogP contribution in [-0.2, 0) is 0 Å². The summed E-state index contributed by atoms with van der Waals surface area (Å²) in [6.07, 6.45) is 0. The van der Waals surface area contributed by atoms with Crippen LogP contribution in [0.2, 0.25) is 0 Å². The second-order valence-corrected chi connectivity index (χ2v) is 6.15. The lowest BCUT2D eigenvalue weighted by atomic mass is 10.1. The maximum atomic E-state index is 12.4. The number of nitrogens with zero attached hydrogens (tertiary/aromatic N) is 4. The number of fused-ring (bicyclic) bond motifs is 2. The Morgan fingerprint density at radius 3 is 2.76 bits per heavy atom. The predicted molar refractivity (Wildman–Crippen MR) is 107 cm³/mol. The zero-order valence-electron chi connectivity index (χ0n) is 14.9. The fourth-order valence-corrected chi connectivity index (χ4v) is 3.20. The first-order valence-electron chi connectivity index (χ1n) is 8.41. The minimum Gasteiger partial charge on any atom is -0.321 e. The molecule has 0 unspecified atom stereocenters. The first kappa shape index (κ1) is 17.9. The number of aromatic amines is 1. The van der Waals surface area contributed by atoms with Gasteiger partial charge in [-0.2, -0.15) is 15.3 Å². The molecule has 2 aliphatic rings. The number of nitriles is 1. The third kappa shape index (κ3) is 2.97. The number of aromatic nitrogens is 3. The molecule has 10 heteroatoms. The van der Waals surface area contributed by atoms with Crippen LogP contribution in [-0.4, -0.2) is 20.4 Å². The molecule has 0 aliphatic carbocycles. The van der Waals surface area contributed by atoms with Crippen LogP contribution >= 0.6 is 0 Å². The van der Waals surface area contributed by atoms with E-state index in [0.717, 1.165) is 0 Å². The Kier molecular flexibility index (Phi) is 4.27. The van der Waals surface area contributed by atoms with Gasteiger partial charge in [-0.25, -0.2) is 10.6 Å². The number of hydrogen-bond acceptors (Lipinski definition) is 7. The summed E-state index contributed by atoms with van der Waals surface area (Å²) < 4.78 is 1.64. The Bertz CT molecular complexity index is 1410. The van der Waals surface area contributed by atoms with E-state index in [9.17, 15) is 14.9 Å². The summed E-state index contributed by atoms with van der Waals surface area (Å²) in [5.74, 6) is 11.2. The highest BCUT2D eigenvalue weighted by molar-refractivity contribution is 5.99. The smallest absolute Gasteiger partial charge is 0.321 e. The van der Waals surface area contributed by atoms with Crippen molar-refractivity contribution >= 4 is 16.7 Å². The standard InChI is InChI=1S/C19H14N8O2/c20-9-10-4-5-11-8-14-17(23-19(29)24-18(14)28)27(15(11)6-10)13-3-1-2-12(7-13)16(25-21)26-22/h1-8H,21-22H2,(H,25,26)(H,24,28,29). The van der Waals surface area contributed by atoms with E-state index in [2.05, 4.69) is 26.6 Å². The average molecular weight is 386 g/mol. The van der Waals surface area contributed by atoms with Crippen LogP contribution < -0.4 is 28.4 Å². The molecule has 0 aromatic heterocycles. The zero-order valence-corrected chi connectivity index (χ0v) is 14.9. The topological polar surface area (TPSA) is 168 Å². The molecular formula is C19H14N8O2. The molecule has 2 heterocycles. The van der Waals surface area contributed by atoms with Gasteiger partial charge in [-0.15, -0.1) is 0 Å². The number of hydrazine groups is 1. The Labute approximate surface area is 163 Å². The van der Waals surface area contributed by atoms with E-state index in [1.165, 1.54) is 0 Å². The number of H-pyrrole nitrogens is 1. The number of rotatable bonds is 2. The Morgan fingerprint density at radius 2 is 2.03 bits per heavy atom. The highest BCUT2D eigenvalue weighted by atomic mass is 16.2. The highest BCUT2D eigenvalue weighted by Crippen LogP contribution is 2.28. The maximum Gasteiger partial charge on any atom is 0.349 e. The van der Waals surface area contributed by atoms with Crippen molar-refractivity contribution in [3.05, 3.63) is 80.5 Å². The number of hydrazone groups is 1. The molecule has 0 saturated heterocycles. The highest BCUT2D eigenvalue weighted by Gasteiger charge is 2.19. The number of hydrogen-bond donors (Lipinski definition) is 4. The number of amidine groups is 1. The largest absolute Gasteiger partial charge is 0.349 e. The molecule has 0 amide bonds. The first-order valence-corrected chi connectivity index (χ1v) is 8.41. The van der Waals surface area contributed by atoms with Gasteiger partial charge >= 0.3 is 5.69 Å². The number of nitrogens with two attached hydrogens (primary N) is 2. The van der Waals surface area contributed by atoms with Gasteiger partial charge in [-0.1, -0.05) is 18.2 Å². The molecule has 10 nitrogen and oxygen atoms in total. The van der Waals surface area contributed by atoms with Crippen molar-refractivity contribution in [3.8, 4) is 23.1 Å². The van der Waals surface area contributed by atoms with E-state index in [1.54, 1.807) is 53.1 Å². The average Bonchev–Trinajstić information content (AvgIpc) is 2.73. The van der Waals surface area contributed by atoms with Gasteiger partial charge < -0.3 is 11.3 Å². The van der Waals surface area contributed by atoms with Crippen molar-refractivity contribution in [3.63, 3.8) is 0 Å². The summed E-state index contributed by atoms with van der Waals surface area (Å²) in [5, 5.41) is 13.6. The van der Waals surface area contributed by atoms with Crippen molar-refractivity contribution in [1.82, 2.24) is 20.0 Å². The van der Waals surface area contributed by atoms with E-state index in [0.29, 0.717) is 27.7 Å². The van der Waals surface area contributed by atoms with Crippen LogP contribution in [0.5, 0.6) is 0 Å². The minimum absolute atomic E-state index is 0.158. The molecule has 2 aliphatic heterocycles. The molecule has 0 bridgehead atoms. The minimum atomic E-state index is -0.768. The number of nitrogens with one attached hydrogen (secondary N) is 2. The number of pyridine rings is 1. The fraction of sp³-hybridized carbons (Fsp3) is 0. The lowest BCUT2D eigenvalue weighted by Crippen LogP contribution is -2.32. The molecule has 4 rings (SSSR count). The molecule has 0 saturated carbocycles. The molecule has 0 fully saturated rings. The monoisotopic (exact) mass is 386 g/mol.